The van der Waals surface area contributed by atoms with Gasteiger partial charge in [0, 0.05) is 28.8 Å². The number of benzene rings is 3. The molecule has 4 aromatic rings. The summed E-state index contributed by atoms with van der Waals surface area (Å²) in [6, 6.07) is 21.1. The number of hydrogen-bond donors (Lipinski definition) is 1. The Morgan fingerprint density at radius 3 is 2.45 bits per heavy atom. The molecular formula is C22H14N2O5. The zero-order valence-corrected chi connectivity index (χ0v) is 15.0. The van der Waals surface area contributed by atoms with Crippen LogP contribution in [0.3, 0.4) is 0 Å². The molecule has 1 N–H and O–H groups in total. The molecule has 0 saturated heterocycles. The van der Waals surface area contributed by atoms with E-state index < -0.39 is 16.5 Å². The van der Waals surface area contributed by atoms with Crippen LogP contribution in [-0.4, -0.2) is 10.8 Å². The normalized spacial score (nSPS) is 10.6. The molecule has 0 fully saturated rings. The van der Waals surface area contributed by atoms with E-state index in [4.69, 9.17) is 4.42 Å². The number of non-ortho nitro benzene ring substituents is 1. The summed E-state index contributed by atoms with van der Waals surface area (Å²) in [5.41, 5.74) is 1.63. The molecule has 0 aliphatic heterocycles. The molecule has 0 atom stereocenters. The van der Waals surface area contributed by atoms with Crippen LogP contribution in [0, 0.1) is 10.1 Å². The van der Waals surface area contributed by atoms with Gasteiger partial charge < -0.3 is 9.73 Å². The summed E-state index contributed by atoms with van der Waals surface area (Å²) in [6.07, 6.45) is 0. The summed E-state index contributed by atoms with van der Waals surface area (Å²) >= 11 is 0. The van der Waals surface area contributed by atoms with E-state index in [1.54, 1.807) is 48.5 Å². The third kappa shape index (κ3) is 3.74. The van der Waals surface area contributed by atoms with Gasteiger partial charge in [0.2, 0.25) is 0 Å². The van der Waals surface area contributed by atoms with Crippen LogP contribution in [0.15, 0.2) is 88.1 Å². The predicted molar refractivity (Wildman–Crippen MR) is 109 cm³/mol. The van der Waals surface area contributed by atoms with E-state index in [1.807, 2.05) is 12.1 Å². The average molecular weight is 386 g/mol. The summed E-state index contributed by atoms with van der Waals surface area (Å²) in [5.74, 6) is -0.414. The number of para-hydroxylation sites is 1. The van der Waals surface area contributed by atoms with Gasteiger partial charge >= 0.3 is 5.63 Å². The molecule has 0 spiro atoms. The van der Waals surface area contributed by atoms with Crippen LogP contribution in [0.25, 0.3) is 22.1 Å². The van der Waals surface area contributed by atoms with Gasteiger partial charge in [-0.05, 0) is 35.9 Å². The highest BCUT2D eigenvalue weighted by atomic mass is 16.6. The zero-order valence-electron chi connectivity index (χ0n) is 15.0. The summed E-state index contributed by atoms with van der Waals surface area (Å²) in [5, 5.41) is 14.3. The molecule has 0 saturated carbocycles. The lowest BCUT2D eigenvalue weighted by atomic mass is 10.0. The summed E-state index contributed by atoms with van der Waals surface area (Å²) in [6.45, 7) is 0. The van der Waals surface area contributed by atoms with E-state index in [1.165, 1.54) is 18.2 Å². The van der Waals surface area contributed by atoms with Gasteiger partial charge in [-0.3, -0.25) is 14.9 Å². The van der Waals surface area contributed by atoms with E-state index in [0.29, 0.717) is 28.0 Å². The van der Waals surface area contributed by atoms with E-state index in [2.05, 4.69) is 5.32 Å². The zero-order chi connectivity index (χ0) is 20.4. The van der Waals surface area contributed by atoms with Gasteiger partial charge in [0.25, 0.3) is 11.6 Å². The van der Waals surface area contributed by atoms with E-state index in [9.17, 15) is 19.7 Å². The number of nitro benzene ring substituents is 1. The van der Waals surface area contributed by atoms with E-state index in [-0.39, 0.29) is 5.69 Å². The van der Waals surface area contributed by atoms with Gasteiger partial charge in [0.1, 0.15) is 5.58 Å². The van der Waals surface area contributed by atoms with Crippen LogP contribution in [0.1, 0.15) is 10.4 Å². The minimum atomic E-state index is -0.528. The van der Waals surface area contributed by atoms with Crippen molar-refractivity contribution in [3.8, 4) is 11.1 Å². The molecule has 3 aromatic carbocycles. The van der Waals surface area contributed by atoms with Gasteiger partial charge in [-0.1, -0.05) is 36.4 Å². The van der Waals surface area contributed by atoms with Crippen molar-refractivity contribution in [3.63, 3.8) is 0 Å². The van der Waals surface area contributed by atoms with Crippen molar-refractivity contribution in [3.05, 3.63) is 105 Å². The van der Waals surface area contributed by atoms with Crippen LogP contribution in [0.2, 0.25) is 0 Å². The second kappa shape index (κ2) is 7.40. The monoisotopic (exact) mass is 386 g/mol. The molecule has 0 aliphatic rings. The molecule has 0 unspecified atom stereocenters. The summed E-state index contributed by atoms with van der Waals surface area (Å²) in [7, 11) is 0. The molecule has 4 rings (SSSR count). The lowest BCUT2D eigenvalue weighted by Gasteiger charge is -2.07. The summed E-state index contributed by atoms with van der Waals surface area (Å²) in [4.78, 5) is 35.0. The molecule has 1 amide bonds. The molecule has 0 aliphatic carbocycles. The quantitative estimate of drug-likeness (QED) is 0.313. The minimum absolute atomic E-state index is 0.110. The third-order valence-corrected chi connectivity index (χ3v) is 4.41. The first-order valence-corrected chi connectivity index (χ1v) is 8.70. The van der Waals surface area contributed by atoms with Crippen molar-refractivity contribution >= 4 is 28.3 Å². The molecule has 0 radical (unpaired) electrons. The van der Waals surface area contributed by atoms with Gasteiger partial charge in [0.05, 0.1) is 10.5 Å². The van der Waals surface area contributed by atoms with Gasteiger partial charge in [-0.25, -0.2) is 4.79 Å². The SMILES string of the molecule is O=C(Nc1cccc([N+](=O)[O-])c1)c1ccc(-c2cc3ccccc3oc2=O)cc1. The first-order valence-electron chi connectivity index (χ1n) is 8.70. The lowest BCUT2D eigenvalue weighted by molar-refractivity contribution is -0.384. The molecule has 1 heterocycles. The highest BCUT2D eigenvalue weighted by Crippen LogP contribution is 2.22. The Hall–Kier alpha value is -4.26. The van der Waals surface area contributed by atoms with E-state index in [0.717, 1.165) is 5.39 Å². The standard InChI is InChI=1S/C22H14N2O5/c25-21(23-17-5-3-6-18(13-17)24(27)28)15-10-8-14(9-11-15)19-12-16-4-1-2-7-20(16)29-22(19)26/h1-13H,(H,23,25). The van der Waals surface area contributed by atoms with Crippen LogP contribution < -0.4 is 10.9 Å². The Balaban J connectivity index is 1.59. The van der Waals surface area contributed by atoms with Crippen molar-refractivity contribution in [1.82, 2.24) is 0 Å². The number of hydrogen-bond acceptors (Lipinski definition) is 5. The number of anilines is 1. The number of carbonyl (C=O) groups is 1. The third-order valence-electron chi connectivity index (χ3n) is 4.41. The maximum atomic E-state index is 12.4. The first kappa shape index (κ1) is 18.1. The minimum Gasteiger partial charge on any atom is -0.422 e. The number of rotatable bonds is 4. The topological polar surface area (TPSA) is 102 Å². The predicted octanol–water partition coefficient (Wildman–Crippen LogP) is 4.62. The summed E-state index contributed by atoms with van der Waals surface area (Å²) < 4.78 is 5.34. The molecule has 0 bridgehead atoms. The Kier molecular flexibility index (Phi) is 4.62. The highest BCUT2D eigenvalue weighted by Gasteiger charge is 2.12. The smallest absolute Gasteiger partial charge is 0.344 e. The fraction of sp³-hybridized carbons (Fsp3) is 0. The number of fused-ring (bicyclic) bond motifs is 1. The molecule has 7 heteroatoms. The Labute approximate surface area is 164 Å². The number of nitrogens with one attached hydrogen (secondary N) is 1. The molecule has 29 heavy (non-hydrogen) atoms. The largest absolute Gasteiger partial charge is 0.422 e. The maximum Gasteiger partial charge on any atom is 0.344 e. The number of nitrogens with zero attached hydrogens (tertiary/aromatic N) is 1. The van der Waals surface area contributed by atoms with Crippen molar-refractivity contribution in [2.45, 2.75) is 0 Å². The number of nitro groups is 1. The fourth-order valence-electron chi connectivity index (χ4n) is 2.96. The molecular weight excluding hydrogens is 372 g/mol. The van der Waals surface area contributed by atoms with Crippen molar-refractivity contribution < 1.29 is 14.1 Å². The Bertz CT molecular complexity index is 1290. The molecule has 1 aromatic heterocycles. The number of amides is 1. The number of carbonyl (C=O) groups excluding carboxylic acids is 1. The highest BCUT2D eigenvalue weighted by molar-refractivity contribution is 6.04. The lowest BCUT2D eigenvalue weighted by Crippen LogP contribution is -2.12. The van der Waals surface area contributed by atoms with Crippen LogP contribution in [-0.2, 0) is 0 Å². The Morgan fingerprint density at radius 1 is 0.931 bits per heavy atom. The van der Waals surface area contributed by atoms with Crippen LogP contribution in [0.5, 0.6) is 0 Å². The Morgan fingerprint density at radius 2 is 1.69 bits per heavy atom. The molecule has 142 valence electrons. The van der Waals surface area contributed by atoms with Crippen molar-refractivity contribution in [2.24, 2.45) is 0 Å². The fourth-order valence-corrected chi connectivity index (χ4v) is 2.96. The van der Waals surface area contributed by atoms with Gasteiger partial charge in [-0.2, -0.15) is 0 Å². The van der Waals surface area contributed by atoms with Gasteiger partial charge in [0.15, 0.2) is 0 Å². The van der Waals surface area contributed by atoms with Crippen molar-refractivity contribution in [1.29, 1.82) is 0 Å². The van der Waals surface area contributed by atoms with Crippen LogP contribution in [0.4, 0.5) is 11.4 Å². The second-order valence-electron chi connectivity index (χ2n) is 6.32. The van der Waals surface area contributed by atoms with Crippen LogP contribution >= 0.6 is 0 Å². The van der Waals surface area contributed by atoms with Gasteiger partial charge in [-0.15, -0.1) is 0 Å². The first-order chi connectivity index (χ1) is 14.0. The second-order valence-corrected chi connectivity index (χ2v) is 6.32. The van der Waals surface area contributed by atoms with Crippen molar-refractivity contribution in [2.75, 3.05) is 5.32 Å². The average Bonchev–Trinajstić information content (AvgIpc) is 2.73. The molecule has 7 nitrogen and oxygen atoms in total. The van der Waals surface area contributed by atoms with E-state index >= 15 is 0 Å². The maximum absolute atomic E-state index is 12.4.